The van der Waals surface area contributed by atoms with E-state index in [1.165, 1.54) is 6.42 Å². The van der Waals surface area contributed by atoms with Crippen LogP contribution in [0.1, 0.15) is 30.1 Å². The van der Waals surface area contributed by atoms with E-state index in [1.807, 2.05) is 4.90 Å². The number of H-pyrrole nitrogens is 1. The van der Waals surface area contributed by atoms with Crippen LogP contribution >= 0.6 is 0 Å². The normalized spacial score (nSPS) is 22.4. The molecule has 0 bridgehead atoms. The van der Waals surface area contributed by atoms with Gasteiger partial charge in [-0.25, -0.2) is 0 Å². The first kappa shape index (κ1) is 9.24. The van der Waals surface area contributed by atoms with Gasteiger partial charge >= 0.3 is 0 Å². The van der Waals surface area contributed by atoms with Gasteiger partial charge in [0, 0.05) is 19.3 Å². The summed E-state index contributed by atoms with van der Waals surface area (Å²) >= 11 is 0. The SMILES string of the molecule is C[C@@H]1CCCN(C(=O)c2cn[nH]c2)C1. The summed E-state index contributed by atoms with van der Waals surface area (Å²) in [4.78, 5) is 13.8. The zero-order valence-electron chi connectivity index (χ0n) is 8.36. The number of hydrogen-bond donors (Lipinski definition) is 1. The number of aromatic amines is 1. The first-order valence-corrected chi connectivity index (χ1v) is 5.05. The van der Waals surface area contributed by atoms with Crippen LogP contribution in [0.15, 0.2) is 12.4 Å². The van der Waals surface area contributed by atoms with Crippen molar-refractivity contribution in [2.24, 2.45) is 5.92 Å². The number of piperidine rings is 1. The maximum atomic E-state index is 11.9. The van der Waals surface area contributed by atoms with Gasteiger partial charge in [0.25, 0.3) is 5.91 Å². The van der Waals surface area contributed by atoms with Gasteiger partial charge in [-0.05, 0) is 18.8 Å². The number of nitrogens with one attached hydrogen (secondary N) is 1. The Morgan fingerprint density at radius 3 is 3.21 bits per heavy atom. The Kier molecular flexibility index (Phi) is 2.52. The van der Waals surface area contributed by atoms with E-state index < -0.39 is 0 Å². The summed E-state index contributed by atoms with van der Waals surface area (Å²) in [6.45, 7) is 3.95. The molecule has 76 valence electrons. The molecule has 4 nitrogen and oxygen atoms in total. The third kappa shape index (κ3) is 1.78. The topological polar surface area (TPSA) is 49.0 Å². The number of carbonyl (C=O) groups excluding carboxylic acids is 1. The van der Waals surface area contributed by atoms with E-state index in [4.69, 9.17) is 0 Å². The number of hydrogen-bond acceptors (Lipinski definition) is 2. The van der Waals surface area contributed by atoms with E-state index >= 15 is 0 Å². The molecule has 0 radical (unpaired) electrons. The van der Waals surface area contributed by atoms with Crippen LogP contribution in [0.5, 0.6) is 0 Å². The predicted molar refractivity (Wildman–Crippen MR) is 52.9 cm³/mol. The van der Waals surface area contributed by atoms with Crippen molar-refractivity contribution in [3.63, 3.8) is 0 Å². The van der Waals surface area contributed by atoms with E-state index in [-0.39, 0.29) is 5.91 Å². The molecule has 1 aliphatic heterocycles. The van der Waals surface area contributed by atoms with Crippen LogP contribution < -0.4 is 0 Å². The molecule has 1 atom stereocenters. The predicted octanol–water partition coefficient (Wildman–Crippen LogP) is 1.28. The Morgan fingerprint density at radius 2 is 2.57 bits per heavy atom. The van der Waals surface area contributed by atoms with Crippen LogP contribution in [-0.4, -0.2) is 34.1 Å². The summed E-state index contributed by atoms with van der Waals surface area (Å²) < 4.78 is 0. The zero-order chi connectivity index (χ0) is 9.97. The van der Waals surface area contributed by atoms with Crippen LogP contribution in [0.25, 0.3) is 0 Å². The van der Waals surface area contributed by atoms with Crippen molar-refractivity contribution in [3.8, 4) is 0 Å². The number of carbonyl (C=O) groups is 1. The second kappa shape index (κ2) is 3.82. The molecule has 0 unspecified atom stereocenters. The van der Waals surface area contributed by atoms with Gasteiger partial charge in [0.15, 0.2) is 0 Å². The molecule has 0 saturated carbocycles. The van der Waals surface area contributed by atoms with Gasteiger partial charge in [0.05, 0.1) is 11.8 Å². The van der Waals surface area contributed by atoms with Crippen molar-refractivity contribution in [2.75, 3.05) is 13.1 Å². The standard InChI is InChI=1S/C10H15N3O/c1-8-3-2-4-13(7-8)10(14)9-5-11-12-6-9/h5-6,8H,2-4,7H2,1H3,(H,11,12)/t8-/m1/s1. The number of likely N-dealkylation sites (tertiary alicyclic amines) is 1. The van der Waals surface area contributed by atoms with Crippen LogP contribution in [0.3, 0.4) is 0 Å². The molecular formula is C10H15N3O. The lowest BCUT2D eigenvalue weighted by Gasteiger charge is -2.30. The van der Waals surface area contributed by atoms with E-state index in [9.17, 15) is 4.79 Å². The highest BCUT2D eigenvalue weighted by Crippen LogP contribution is 2.17. The molecule has 4 heteroatoms. The van der Waals surface area contributed by atoms with Crippen molar-refractivity contribution >= 4 is 5.91 Å². The molecule has 0 spiro atoms. The highest BCUT2D eigenvalue weighted by molar-refractivity contribution is 5.93. The molecule has 2 rings (SSSR count). The van der Waals surface area contributed by atoms with E-state index in [1.54, 1.807) is 12.4 Å². The molecule has 2 heterocycles. The molecule has 1 fully saturated rings. The molecule has 0 aromatic carbocycles. The van der Waals surface area contributed by atoms with Crippen LogP contribution in [0, 0.1) is 5.92 Å². The Morgan fingerprint density at radius 1 is 1.71 bits per heavy atom. The summed E-state index contributed by atoms with van der Waals surface area (Å²) in [5.74, 6) is 0.727. The fraction of sp³-hybridized carbons (Fsp3) is 0.600. The minimum Gasteiger partial charge on any atom is -0.338 e. The second-order valence-corrected chi connectivity index (χ2v) is 3.99. The fourth-order valence-electron chi connectivity index (χ4n) is 1.92. The first-order valence-electron chi connectivity index (χ1n) is 5.05. The van der Waals surface area contributed by atoms with Crippen molar-refractivity contribution < 1.29 is 4.79 Å². The number of amides is 1. The second-order valence-electron chi connectivity index (χ2n) is 3.99. The third-order valence-electron chi connectivity index (χ3n) is 2.69. The monoisotopic (exact) mass is 193 g/mol. The van der Waals surface area contributed by atoms with E-state index in [0.29, 0.717) is 11.5 Å². The minimum atomic E-state index is 0.102. The van der Waals surface area contributed by atoms with Crippen LogP contribution in [0.4, 0.5) is 0 Å². The number of aromatic nitrogens is 2. The summed E-state index contributed by atoms with van der Waals surface area (Å²) in [6.07, 6.45) is 5.59. The van der Waals surface area contributed by atoms with E-state index in [0.717, 1.165) is 19.5 Å². The molecule has 14 heavy (non-hydrogen) atoms. The average Bonchev–Trinajstić information content (AvgIpc) is 2.69. The summed E-state index contributed by atoms with van der Waals surface area (Å²) in [6, 6.07) is 0. The quantitative estimate of drug-likeness (QED) is 0.730. The molecular weight excluding hydrogens is 178 g/mol. The summed E-state index contributed by atoms with van der Waals surface area (Å²) in [7, 11) is 0. The van der Waals surface area contributed by atoms with Gasteiger partial charge in [-0.3, -0.25) is 9.89 Å². The van der Waals surface area contributed by atoms with Gasteiger partial charge in [0.1, 0.15) is 0 Å². The lowest BCUT2D eigenvalue weighted by atomic mass is 10.00. The molecule has 1 aromatic rings. The Bertz CT molecular complexity index is 307. The number of nitrogens with zero attached hydrogens (tertiary/aromatic N) is 2. The van der Waals surface area contributed by atoms with E-state index in [2.05, 4.69) is 17.1 Å². The van der Waals surface area contributed by atoms with Crippen molar-refractivity contribution in [1.29, 1.82) is 0 Å². The molecule has 1 saturated heterocycles. The van der Waals surface area contributed by atoms with Crippen LogP contribution in [0.2, 0.25) is 0 Å². The lowest BCUT2D eigenvalue weighted by molar-refractivity contribution is 0.0683. The smallest absolute Gasteiger partial charge is 0.257 e. The van der Waals surface area contributed by atoms with Gasteiger partial charge in [-0.15, -0.1) is 0 Å². The summed E-state index contributed by atoms with van der Waals surface area (Å²) in [5, 5.41) is 6.45. The lowest BCUT2D eigenvalue weighted by Crippen LogP contribution is -2.38. The Labute approximate surface area is 83.3 Å². The molecule has 1 N–H and O–H groups in total. The Balaban J connectivity index is 2.04. The molecule has 1 amide bonds. The zero-order valence-corrected chi connectivity index (χ0v) is 8.36. The molecule has 1 aliphatic rings. The maximum Gasteiger partial charge on any atom is 0.257 e. The van der Waals surface area contributed by atoms with Crippen LogP contribution in [-0.2, 0) is 0 Å². The summed E-state index contributed by atoms with van der Waals surface area (Å²) in [5.41, 5.74) is 0.666. The van der Waals surface area contributed by atoms with Gasteiger partial charge < -0.3 is 4.90 Å². The average molecular weight is 193 g/mol. The first-order chi connectivity index (χ1) is 6.77. The third-order valence-corrected chi connectivity index (χ3v) is 2.69. The van der Waals surface area contributed by atoms with Gasteiger partial charge in [-0.1, -0.05) is 6.92 Å². The van der Waals surface area contributed by atoms with Crippen molar-refractivity contribution in [3.05, 3.63) is 18.0 Å². The fourth-order valence-corrected chi connectivity index (χ4v) is 1.92. The maximum absolute atomic E-state index is 11.9. The highest BCUT2D eigenvalue weighted by atomic mass is 16.2. The molecule has 1 aromatic heterocycles. The van der Waals surface area contributed by atoms with Crippen molar-refractivity contribution in [1.82, 2.24) is 15.1 Å². The minimum absolute atomic E-state index is 0.102. The Hall–Kier alpha value is -1.32. The number of rotatable bonds is 1. The van der Waals surface area contributed by atoms with Gasteiger partial charge in [-0.2, -0.15) is 5.10 Å². The van der Waals surface area contributed by atoms with Crippen molar-refractivity contribution in [2.45, 2.75) is 19.8 Å². The highest BCUT2D eigenvalue weighted by Gasteiger charge is 2.22. The largest absolute Gasteiger partial charge is 0.338 e. The van der Waals surface area contributed by atoms with Gasteiger partial charge in [0.2, 0.25) is 0 Å². The molecule has 0 aliphatic carbocycles.